The van der Waals surface area contributed by atoms with Crippen molar-refractivity contribution in [2.75, 3.05) is 29.5 Å². The summed E-state index contributed by atoms with van der Waals surface area (Å²) in [6, 6.07) is 5.75. The van der Waals surface area contributed by atoms with Crippen molar-refractivity contribution < 1.29 is 8.42 Å². The van der Waals surface area contributed by atoms with E-state index >= 15 is 0 Å². The van der Waals surface area contributed by atoms with E-state index in [0.29, 0.717) is 18.0 Å². The first-order chi connectivity index (χ1) is 8.52. The van der Waals surface area contributed by atoms with Crippen LogP contribution in [-0.4, -0.2) is 33.0 Å². The first-order valence-electron chi connectivity index (χ1n) is 5.81. The topological polar surface area (TPSA) is 37.4 Å². The van der Waals surface area contributed by atoms with E-state index in [-0.39, 0.29) is 11.5 Å². The Balaban J connectivity index is 2.28. The lowest BCUT2D eigenvalue weighted by atomic mass is 10.1. The van der Waals surface area contributed by atoms with Gasteiger partial charge < -0.3 is 4.90 Å². The van der Waals surface area contributed by atoms with Gasteiger partial charge in [-0.1, -0.05) is 33.6 Å². The molecule has 0 unspecified atom stereocenters. The second kappa shape index (κ2) is 5.80. The molecule has 0 spiro atoms. The molecule has 1 aromatic carbocycles. The van der Waals surface area contributed by atoms with Gasteiger partial charge in [-0.15, -0.1) is 0 Å². The number of alkyl halides is 1. The van der Waals surface area contributed by atoms with E-state index in [4.69, 9.17) is 11.6 Å². The summed E-state index contributed by atoms with van der Waals surface area (Å²) < 4.78 is 23.2. The summed E-state index contributed by atoms with van der Waals surface area (Å²) in [6.07, 6.45) is 0.677. The molecule has 0 radical (unpaired) electrons. The molecule has 1 heterocycles. The number of benzene rings is 1. The number of anilines is 1. The summed E-state index contributed by atoms with van der Waals surface area (Å²) in [7, 11) is -2.88. The molecule has 1 fully saturated rings. The maximum absolute atomic E-state index is 11.6. The van der Waals surface area contributed by atoms with E-state index in [2.05, 4.69) is 20.8 Å². The fraction of sp³-hybridized carbons (Fsp3) is 0.500. The summed E-state index contributed by atoms with van der Waals surface area (Å²) in [4.78, 5) is 2.12. The van der Waals surface area contributed by atoms with Crippen LogP contribution in [0.1, 0.15) is 12.0 Å². The molecule has 3 nitrogen and oxygen atoms in total. The Bertz CT molecular complexity index is 533. The maximum Gasteiger partial charge on any atom is 0.152 e. The normalized spacial score (nSPS) is 19.6. The Labute approximate surface area is 121 Å². The van der Waals surface area contributed by atoms with E-state index in [9.17, 15) is 8.42 Å². The van der Waals surface area contributed by atoms with Crippen molar-refractivity contribution in [3.8, 4) is 0 Å². The molecular weight excluding hydrogens is 338 g/mol. The molecule has 100 valence electrons. The second-order valence-electron chi connectivity index (χ2n) is 4.40. The summed E-state index contributed by atoms with van der Waals surface area (Å²) in [6.45, 7) is 1.31. The van der Waals surface area contributed by atoms with Gasteiger partial charge in [0.2, 0.25) is 0 Å². The minimum atomic E-state index is -2.88. The standard InChI is InChI=1S/C12H15BrClNO2S/c13-9-10-2-3-11(14)8-12(10)15-4-1-6-18(16,17)7-5-15/h2-3,8H,1,4-7,9H2. The summed E-state index contributed by atoms with van der Waals surface area (Å²) in [5.74, 6) is 0.509. The lowest BCUT2D eigenvalue weighted by Gasteiger charge is -2.24. The molecule has 2 rings (SSSR count). The molecule has 0 amide bonds. The Morgan fingerprint density at radius 3 is 2.78 bits per heavy atom. The molecule has 0 N–H and O–H groups in total. The van der Waals surface area contributed by atoms with Crippen molar-refractivity contribution in [3.05, 3.63) is 28.8 Å². The van der Waals surface area contributed by atoms with Crippen molar-refractivity contribution in [1.82, 2.24) is 0 Å². The third-order valence-electron chi connectivity index (χ3n) is 3.09. The molecular formula is C12H15BrClNO2S. The summed E-state index contributed by atoms with van der Waals surface area (Å²) in [5.41, 5.74) is 2.18. The SMILES string of the molecule is O=S1(=O)CCCN(c2cc(Cl)ccc2CBr)CC1. The minimum absolute atomic E-state index is 0.223. The van der Waals surface area contributed by atoms with Crippen LogP contribution < -0.4 is 4.90 Å². The van der Waals surface area contributed by atoms with E-state index in [1.54, 1.807) is 0 Å². The highest BCUT2D eigenvalue weighted by atomic mass is 79.9. The molecule has 1 aliphatic heterocycles. The van der Waals surface area contributed by atoms with Crippen LogP contribution in [0.5, 0.6) is 0 Å². The molecule has 18 heavy (non-hydrogen) atoms. The Morgan fingerprint density at radius 1 is 1.28 bits per heavy atom. The Kier molecular flexibility index (Phi) is 4.56. The summed E-state index contributed by atoms with van der Waals surface area (Å²) in [5, 5.41) is 1.42. The largest absolute Gasteiger partial charge is 0.370 e. The molecule has 1 aromatic rings. The van der Waals surface area contributed by atoms with Crippen LogP contribution in [-0.2, 0) is 15.2 Å². The predicted molar refractivity (Wildman–Crippen MR) is 79.6 cm³/mol. The van der Waals surface area contributed by atoms with E-state index in [1.165, 1.54) is 0 Å². The molecule has 0 aliphatic carbocycles. The minimum Gasteiger partial charge on any atom is -0.370 e. The first-order valence-corrected chi connectivity index (χ1v) is 9.14. The predicted octanol–water partition coefficient (Wildman–Crippen LogP) is 2.86. The third-order valence-corrected chi connectivity index (χ3v) is 5.64. The lowest BCUT2D eigenvalue weighted by Crippen LogP contribution is -2.27. The van der Waals surface area contributed by atoms with Crippen LogP contribution in [0.25, 0.3) is 0 Å². The highest BCUT2D eigenvalue weighted by Gasteiger charge is 2.20. The zero-order chi connectivity index (χ0) is 13.2. The van der Waals surface area contributed by atoms with Gasteiger partial charge in [0.1, 0.15) is 0 Å². The maximum atomic E-state index is 11.6. The molecule has 0 saturated carbocycles. The van der Waals surface area contributed by atoms with Crippen LogP contribution in [0.4, 0.5) is 5.69 Å². The average molecular weight is 353 g/mol. The molecule has 1 aliphatic rings. The number of halogens is 2. The molecule has 6 heteroatoms. The van der Waals surface area contributed by atoms with Gasteiger partial charge in [0.25, 0.3) is 0 Å². The van der Waals surface area contributed by atoms with Crippen molar-refractivity contribution >= 4 is 43.1 Å². The van der Waals surface area contributed by atoms with Crippen LogP contribution in [0.2, 0.25) is 5.02 Å². The molecule has 1 saturated heterocycles. The molecule has 0 bridgehead atoms. The van der Waals surface area contributed by atoms with Crippen LogP contribution in [0, 0.1) is 0 Å². The van der Waals surface area contributed by atoms with Gasteiger partial charge in [0.05, 0.1) is 11.5 Å². The highest BCUT2D eigenvalue weighted by Crippen LogP contribution is 2.27. The van der Waals surface area contributed by atoms with Gasteiger partial charge in [-0.25, -0.2) is 8.42 Å². The summed E-state index contributed by atoms with van der Waals surface area (Å²) >= 11 is 9.48. The van der Waals surface area contributed by atoms with Crippen LogP contribution in [0.15, 0.2) is 18.2 Å². The van der Waals surface area contributed by atoms with Crippen molar-refractivity contribution in [1.29, 1.82) is 0 Å². The average Bonchev–Trinajstić information content (AvgIpc) is 2.50. The monoisotopic (exact) mass is 351 g/mol. The quantitative estimate of drug-likeness (QED) is 0.768. The lowest BCUT2D eigenvalue weighted by molar-refractivity contribution is 0.597. The highest BCUT2D eigenvalue weighted by molar-refractivity contribution is 9.08. The fourth-order valence-electron chi connectivity index (χ4n) is 2.12. The van der Waals surface area contributed by atoms with E-state index in [0.717, 1.165) is 23.1 Å². The molecule has 0 aromatic heterocycles. The molecule has 0 atom stereocenters. The van der Waals surface area contributed by atoms with Crippen LogP contribution >= 0.6 is 27.5 Å². The Hall–Kier alpha value is -0.260. The second-order valence-corrected chi connectivity index (χ2v) is 7.70. The number of rotatable bonds is 2. The van der Waals surface area contributed by atoms with Crippen molar-refractivity contribution in [2.45, 2.75) is 11.8 Å². The van der Waals surface area contributed by atoms with Gasteiger partial charge in [0, 0.05) is 29.1 Å². The van der Waals surface area contributed by atoms with E-state index < -0.39 is 9.84 Å². The van der Waals surface area contributed by atoms with Gasteiger partial charge in [-0.3, -0.25) is 0 Å². The zero-order valence-corrected chi connectivity index (χ0v) is 13.1. The third kappa shape index (κ3) is 3.39. The van der Waals surface area contributed by atoms with Gasteiger partial charge in [-0.2, -0.15) is 0 Å². The van der Waals surface area contributed by atoms with Crippen molar-refractivity contribution in [2.24, 2.45) is 0 Å². The van der Waals surface area contributed by atoms with Gasteiger partial charge in [-0.05, 0) is 24.1 Å². The number of sulfone groups is 1. The van der Waals surface area contributed by atoms with Gasteiger partial charge in [0.15, 0.2) is 9.84 Å². The van der Waals surface area contributed by atoms with Crippen molar-refractivity contribution in [3.63, 3.8) is 0 Å². The van der Waals surface area contributed by atoms with Crippen LogP contribution in [0.3, 0.4) is 0 Å². The van der Waals surface area contributed by atoms with E-state index in [1.807, 2.05) is 18.2 Å². The smallest absolute Gasteiger partial charge is 0.152 e. The number of hydrogen-bond donors (Lipinski definition) is 0. The number of hydrogen-bond acceptors (Lipinski definition) is 3. The number of nitrogens with zero attached hydrogens (tertiary/aromatic N) is 1. The fourth-order valence-corrected chi connectivity index (χ4v) is 4.04. The zero-order valence-electron chi connectivity index (χ0n) is 9.90. The van der Waals surface area contributed by atoms with Gasteiger partial charge >= 0.3 is 0 Å². The Morgan fingerprint density at radius 2 is 2.06 bits per heavy atom. The first kappa shape index (κ1) is 14.2.